The summed E-state index contributed by atoms with van der Waals surface area (Å²) in [5, 5.41) is 0. The number of hydrogen-bond acceptors (Lipinski definition) is 3. The van der Waals surface area contributed by atoms with E-state index in [4.69, 9.17) is 0 Å². The van der Waals surface area contributed by atoms with Gasteiger partial charge in [0.2, 0.25) is 0 Å². The van der Waals surface area contributed by atoms with Crippen molar-refractivity contribution < 1.29 is 4.79 Å². The second-order valence-corrected chi connectivity index (χ2v) is 6.40. The Morgan fingerprint density at radius 2 is 1.46 bits per heavy atom. The van der Waals surface area contributed by atoms with Gasteiger partial charge in [-0.15, -0.1) is 0 Å². The molecule has 4 nitrogen and oxygen atoms in total. The lowest BCUT2D eigenvalue weighted by molar-refractivity contribution is 0.0747. The zero-order chi connectivity index (χ0) is 17.8. The van der Waals surface area contributed by atoms with Gasteiger partial charge in [0.25, 0.3) is 5.91 Å². The van der Waals surface area contributed by atoms with E-state index in [2.05, 4.69) is 40.2 Å². The highest BCUT2D eigenvalue weighted by Gasteiger charge is 2.23. The van der Waals surface area contributed by atoms with E-state index in [0.29, 0.717) is 0 Å². The fourth-order valence-electron chi connectivity index (χ4n) is 3.41. The number of anilines is 1. The van der Waals surface area contributed by atoms with E-state index in [9.17, 15) is 4.79 Å². The molecule has 1 saturated heterocycles. The first-order valence-electron chi connectivity index (χ1n) is 8.91. The molecule has 0 unspecified atom stereocenters. The zero-order valence-electron chi connectivity index (χ0n) is 14.6. The van der Waals surface area contributed by atoms with Crippen LogP contribution in [0.15, 0.2) is 79.1 Å². The first-order chi connectivity index (χ1) is 12.8. The molecule has 3 aromatic rings. The van der Waals surface area contributed by atoms with Crippen molar-refractivity contribution in [3.8, 4) is 11.1 Å². The largest absolute Gasteiger partial charge is 0.366 e. The van der Waals surface area contributed by atoms with Gasteiger partial charge in [-0.25, -0.2) is 0 Å². The normalized spacial score (nSPS) is 14.3. The standard InChI is InChI=1S/C22H21N3O/c26-22(19-9-5-2-6-10-19)25-15-13-24(14-16-25)21-17-23-12-11-20(21)18-7-3-1-4-8-18/h1-12,17H,13-16H2. The van der Waals surface area contributed by atoms with Crippen LogP contribution in [-0.2, 0) is 0 Å². The number of aromatic nitrogens is 1. The lowest BCUT2D eigenvalue weighted by Crippen LogP contribution is -2.49. The van der Waals surface area contributed by atoms with Crippen molar-refractivity contribution in [1.82, 2.24) is 9.88 Å². The topological polar surface area (TPSA) is 36.4 Å². The Kier molecular flexibility index (Phi) is 4.65. The minimum Gasteiger partial charge on any atom is -0.366 e. The van der Waals surface area contributed by atoms with Crippen molar-refractivity contribution in [2.75, 3.05) is 31.1 Å². The lowest BCUT2D eigenvalue weighted by Gasteiger charge is -2.36. The van der Waals surface area contributed by atoms with Crippen molar-refractivity contribution >= 4 is 11.6 Å². The van der Waals surface area contributed by atoms with E-state index in [-0.39, 0.29) is 5.91 Å². The van der Waals surface area contributed by atoms with Crippen LogP contribution in [0.5, 0.6) is 0 Å². The van der Waals surface area contributed by atoms with Crippen molar-refractivity contribution in [3.63, 3.8) is 0 Å². The van der Waals surface area contributed by atoms with Gasteiger partial charge in [-0.1, -0.05) is 48.5 Å². The second kappa shape index (κ2) is 7.40. The molecule has 1 aromatic heterocycles. The first kappa shape index (κ1) is 16.3. The van der Waals surface area contributed by atoms with E-state index < -0.39 is 0 Å². The molecule has 0 saturated carbocycles. The molecule has 1 aliphatic rings. The molecule has 130 valence electrons. The summed E-state index contributed by atoms with van der Waals surface area (Å²) in [6, 6.07) is 21.9. The van der Waals surface area contributed by atoms with E-state index >= 15 is 0 Å². The number of amides is 1. The van der Waals surface area contributed by atoms with Gasteiger partial charge < -0.3 is 9.80 Å². The Morgan fingerprint density at radius 1 is 0.808 bits per heavy atom. The molecule has 0 atom stereocenters. The minimum atomic E-state index is 0.111. The second-order valence-electron chi connectivity index (χ2n) is 6.40. The third-order valence-corrected chi connectivity index (χ3v) is 4.81. The molecule has 1 aliphatic heterocycles. The summed E-state index contributed by atoms with van der Waals surface area (Å²) in [6.07, 6.45) is 3.76. The van der Waals surface area contributed by atoms with Crippen molar-refractivity contribution in [2.45, 2.75) is 0 Å². The number of rotatable bonds is 3. The van der Waals surface area contributed by atoms with Crippen LogP contribution < -0.4 is 4.90 Å². The first-order valence-corrected chi connectivity index (χ1v) is 8.91. The third kappa shape index (κ3) is 3.31. The molecule has 0 aliphatic carbocycles. The summed E-state index contributed by atoms with van der Waals surface area (Å²) in [5.41, 5.74) is 4.26. The third-order valence-electron chi connectivity index (χ3n) is 4.81. The number of piperazine rings is 1. The zero-order valence-corrected chi connectivity index (χ0v) is 14.6. The fourth-order valence-corrected chi connectivity index (χ4v) is 3.41. The quantitative estimate of drug-likeness (QED) is 0.727. The number of nitrogens with zero attached hydrogens (tertiary/aromatic N) is 3. The maximum absolute atomic E-state index is 12.6. The summed E-state index contributed by atoms with van der Waals surface area (Å²) in [6.45, 7) is 3.06. The summed E-state index contributed by atoms with van der Waals surface area (Å²) in [5.74, 6) is 0.111. The molecule has 2 heterocycles. The predicted molar refractivity (Wildman–Crippen MR) is 104 cm³/mol. The fraction of sp³-hybridized carbons (Fsp3) is 0.182. The summed E-state index contributed by atoms with van der Waals surface area (Å²) in [7, 11) is 0. The van der Waals surface area contributed by atoms with Crippen molar-refractivity contribution in [2.24, 2.45) is 0 Å². The number of pyridine rings is 1. The lowest BCUT2D eigenvalue weighted by atomic mass is 10.0. The summed E-state index contributed by atoms with van der Waals surface area (Å²) >= 11 is 0. The Hall–Kier alpha value is -3.14. The van der Waals surface area contributed by atoms with E-state index in [1.807, 2.05) is 53.7 Å². The summed E-state index contributed by atoms with van der Waals surface area (Å²) < 4.78 is 0. The molecule has 26 heavy (non-hydrogen) atoms. The molecule has 0 bridgehead atoms. The Labute approximate surface area is 153 Å². The van der Waals surface area contributed by atoms with Crippen molar-refractivity contribution in [3.05, 3.63) is 84.7 Å². The molecular weight excluding hydrogens is 322 g/mol. The number of carbonyl (C=O) groups is 1. The summed E-state index contributed by atoms with van der Waals surface area (Å²) in [4.78, 5) is 21.2. The van der Waals surface area contributed by atoms with Crippen LogP contribution in [0.4, 0.5) is 5.69 Å². The van der Waals surface area contributed by atoms with Gasteiger partial charge in [-0.05, 0) is 23.8 Å². The van der Waals surface area contributed by atoms with Gasteiger partial charge in [0.05, 0.1) is 11.9 Å². The average molecular weight is 343 g/mol. The van der Waals surface area contributed by atoms with Crippen LogP contribution in [0.2, 0.25) is 0 Å². The monoisotopic (exact) mass is 343 g/mol. The minimum absolute atomic E-state index is 0.111. The van der Waals surface area contributed by atoms with Gasteiger partial charge in [-0.2, -0.15) is 0 Å². The Balaban J connectivity index is 1.50. The highest BCUT2D eigenvalue weighted by Crippen LogP contribution is 2.30. The Morgan fingerprint density at radius 3 is 2.15 bits per heavy atom. The molecule has 0 N–H and O–H groups in total. The molecule has 4 rings (SSSR count). The molecule has 0 spiro atoms. The van der Waals surface area contributed by atoms with Crippen molar-refractivity contribution in [1.29, 1.82) is 0 Å². The molecule has 1 amide bonds. The van der Waals surface area contributed by atoms with Crippen LogP contribution in [0, 0.1) is 0 Å². The average Bonchev–Trinajstić information content (AvgIpc) is 2.75. The Bertz CT molecular complexity index is 872. The van der Waals surface area contributed by atoms with Gasteiger partial charge in [-0.3, -0.25) is 9.78 Å². The van der Waals surface area contributed by atoms with E-state index in [1.165, 1.54) is 11.1 Å². The number of hydrogen-bond donors (Lipinski definition) is 0. The molecule has 1 fully saturated rings. The van der Waals surface area contributed by atoms with E-state index in [0.717, 1.165) is 37.4 Å². The van der Waals surface area contributed by atoms with Crippen LogP contribution in [0.25, 0.3) is 11.1 Å². The maximum Gasteiger partial charge on any atom is 0.253 e. The highest BCUT2D eigenvalue weighted by molar-refractivity contribution is 5.94. The van der Waals surface area contributed by atoms with Crippen LogP contribution in [-0.4, -0.2) is 42.0 Å². The van der Waals surface area contributed by atoms with Crippen LogP contribution in [0.3, 0.4) is 0 Å². The van der Waals surface area contributed by atoms with Crippen LogP contribution in [0.1, 0.15) is 10.4 Å². The van der Waals surface area contributed by atoms with Gasteiger partial charge in [0, 0.05) is 43.5 Å². The smallest absolute Gasteiger partial charge is 0.253 e. The van der Waals surface area contributed by atoms with Gasteiger partial charge >= 0.3 is 0 Å². The van der Waals surface area contributed by atoms with E-state index in [1.54, 1.807) is 0 Å². The van der Waals surface area contributed by atoms with Gasteiger partial charge in [0.1, 0.15) is 0 Å². The molecule has 0 radical (unpaired) electrons. The predicted octanol–water partition coefficient (Wildman–Crippen LogP) is 3.71. The van der Waals surface area contributed by atoms with Gasteiger partial charge in [0.15, 0.2) is 0 Å². The molecule has 4 heteroatoms. The van der Waals surface area contributed by atoms with Crippen LogP contribution >= 0.6 is 0 Å². The molecular formula is C22H21N3O. The maximum atomic E-state index is 12.6. The molecule has 2 aromatic carbocycles. The number of carbonyl (C=O) groups excluding carboxylic acids is 1. The SMILES string of the molecule is O=C(c1ccccc1)N1CCN(c2cnccc2-c2ccccc2)CC1. The highest BCUT2D eigenvalue weighted by atomic mass is 16.2. The number of benzene rings is 2.